The van der Waals surface area contributed by atoms with Gasteiger partial charge in [-0.1, -0.05) is 0 Å². The number of carbonyl (C=O) groups is 2. The van der Waals surface area contributed by atoms with Crippen molar-refractivity contribution in [3.8, 4) is 0 Å². The van der Waals surface area contributed by atoms with E-state index in [4.69, 9.17) is 0 Å². The first kappa shape index (κ1) is 27.6. The summed E-state index contributed by atoms with van der Waals surface area (Å²) in [6.07, 6.45) is 4.84. The number of likely N-dealkylation sites (tertiary alicyclic amines) is 1. The number of hydrogen-bond donors (Lipinski definition) is 2. The van der Waals surface area contributed by atoms with Crippen molar-refractivity contribution >= 4 is 36.6 Å². The highest BCUT2D eigenvalue weighted by Gasteiger charge is 2.24. The summed E-state index contributed by atoms with van der Waals surface area (Å²) >= 11 is 1.90. The molecule has 4 rings (SSSR count). The number of thiophene rings is 1. The predicted molar refractivity (Wildman–Crippen MR) is 144 cm³/mol. The highest BCUT2D eigenvalue weighted by molar-refractivity contribution is 7.59. The lowest BCUT2D eigenvalue weighted by Crippen LogP contribution is -2.41. The molecule has 35 heavy (non-hydrogen) atoms. The van der Waals surface area contributed by atoms with Gasteiger partial charge in [0.2, 0.25) is 5.91 Å². The number of carbonyl (C=O) groups excluding carboxylic acids is 2. The molecule has 0 saturated carbocycles. The zero-order valence-corrected chi connectivity index (χ0v) is 22.8. The Bertz CT molecular complexity index is 1030. The van der Waals surface area contributed by atoms with Crippen molar-refractivity contribution in [2.24, 2.45) is 5.92 Å². The second kappa shape index (κ2) is 12.3. The Kier molecular flexibility index (Phi) is 9.75. The van der Waals surface area contributed by atoms with E-state index >= 15 is 0 Å². The van der Waals surface area contributed by atoms with E-state index in [2.05, 4.69) is 29.0 Å². The average Bonchev–Trinajstić information content (AvgIpc) is 3.11. The van der Waals surface area contributed by atoms with E-state index in [1.807, 2.05) is 22.3 Å². The number of aliphatic hydroxyl groups is 1. The first-order valence-corrected chi connectivity index (χ1v) is 13.1. The summed E-state index contributed by atoms with van der Waals surface area (Å²) in [5.74, 6) is 0.433. The predicted octanol–water partition coefficient (Wildman–Crippen LogP) is 2.82. The maximum atomic E-state index is 12.7. The van der Waals surface area contributed by atoms with E-state index < -0.39 is 6.10 Å². The lowest BCUT2D eigenvalue weighted by atomic mass is 9.91. The van der Waals surface area contributed by atoms with E-state index in [9.17, 15) is 14.7 Å². The summed E-state index contributed by atoms with van der Waals surface area (Å²) in [6, 6.07) is 3.57. The number of aryl methyl sites for hydroxylation is 1. The van der Waals surface area contributed by atoms with Gasteiger partial charge < -0.3 is 15.3 Å². The number of pyridine rings is 1. The standard InChI is InChI=1S/C26H36N4O3S.H2S/c1-17-18(2)34-25-7-9-29(16-24(17)25)15-23(32)14-28-26(33)21-4-8-27-22(13-21)12-20-5-10-30(11-6-20)19(3)31;/h4,8,13,20,23,32H,5-7,9-12,14-16H2,1-3H3,(H,28,33);1H2/t23-;/m0./s1. The molecule has 2 aromatic rings. The Balaban J connectivity index is 0.00000342. The van der Waals surface area contributed by atoms with Crippen molar-refractivity contribution in [3.63, 3.8) is 0 Å². The molecule has 7 nitrogen and oxygen atoms in total. The number of piperidine rings is 1. The Hall–Kier alpha value is -1.94. The monoisotopic (exact) mass is 518 g/mol. The zero-order valence-electron chi connectivity index (χ0n) is 21.0. The molecular formula is C26H38N4O3S2. The molecule has 2 amide bonds. The van der Waals surface area contributed by atoms with E-state index in [1.165, 1.54) is 20.9 Å². The minimum Gasteiger partial charge on any atom is -0.390 e. The van der Waals surface area contributed by atoms with Crippen LogP contribution in [-0.4, -0.2) is 70.5 Å². The third-order valence-electron chi connectivity index (χ3n) is 7.23. The lowest BCUT2D eigenvalue weighted by molar-refractivity contribution is -0.130. The van der Waals surface area contributed by atoms with Crippen LogP contribution in [0.4, 0.5) is 0 Å². The fraction of sp³-hybridized carbons (Fsp3) is 0.577. The van der Waals surface area contributed by atoms with Crippen molar-refractivity contribution in [2.45, 2.75) is 59.1 Å². The third kappa shape index (κ3) is 7.06. The van der Waals surface area contributed by atoms with Gasteiger partial charge in [0.1, 0.15) is 0 Å². The number of aliphatic hydroxyl groups excluding tert-OH is 1. The third-order valence-corrected chi connectivity index (χ3v) is 8.54. The van der Waals surface area contributed by atoms with E-state index in [0.29, 0.717) is 18.0 Å². The first-order chi connectivity index (χ1) is 16.3. The number of fused-ring (bicyclic) bond motifs is 1. The molecule has 4 heterocycles. The molecule has 0 bridgehead atoms. The molecule has 1 saturated heterocycles. The van der Waals surface area contributed by atoms with Crippen LogP contribution in [-0.2, 0) is 24.2 Å². The van der Waals surface area contributed by atoms with E-state index in [0.717, 1.165) is 57.6 Å². The summed E-state index contributed by atoms with van der Waals surface area (Å²) in [4.78, 5) is 35.7. The molecule has 0 radical (unpaired) electrons. The quantitative estimate of drug-likeness (QED) is 0.589. The summed E-state index contributed by atoms with van der Waals surface area (Å²) in [6.45, 7) is 10.2. The van der Waals surface area contributed by atoms with Crippen LogP contribution in [0.3, 0.4) is 0 Å². The molecule has 2 aromatic heterocycles. The fourth-order valence-electron chi connectivity index (χ4n) is 5.03. The number of amides is 2. The first-order valence-electron chi connectivity index (χ1n) is 12.3. The van der Waals surface area contributed by atoms with Gasteiger partial charge in [-0.25, -0.2) is 0 Å². The molecule has 0 unspecified atom stereocenters. The van der Waals surface area contributed by atoms with Gasteiger partial charge in [0.25, 0.3) is 5.91 Å². The van der Waals surface area contributed by atoms with E-state index in [1.54, 1.807) is 19.2 Å². The normalized spacial score (nSPS) is 17.4. The van der Waals surface area contributed by atoms with Crippen LogP contribution in [0.5, 0.6) is 0 Å². The van der Waals surface area contributed by atoms with Crippen LogP contribution < -0.4 is 5.32 Å². The van der Waals surface area contributed by atoms with Gasteiger partial charge in [0, 0.05) is 73.4 Å². The summed E-state index contributed by atoms with van der Waals surface area (Å²) in [5, 5.41) is 13.4. The van der Waals surface area contributed by atoms with Crippen molar-refractivity contribution in [2.75, 3.05) is 32.7 Å². The SMILES string of the molecule is CC(=O)N1CCC(Cc2cc(C(=O)NC[C@H](O)CN3CCc4sc(C)c(C)c4C3)ccn2)CC1.S. The number of nitrogens with one attached hydrogen (secondary N) is 1. The smallest absolute Gasteiger partial charge is 0.251 e. The second-order valence-electron chi connectivity index (χ2n) is 9.72. The maximum Gasteiger partial charge on any atom is 0.251 e. The topological polar surface area (TPSA) is 85.8 Å². The number of nitrogens with zero attached hydrogens (tertiary/aromatic N) is 3. The van der Waals surface area contributed by atoms with Gasteiger partial charge in [-0.05, 0) is 68.7 Å². The molecule has 2 aliphatic heterocycles. The molecule has 0 spiro atoms. The minimum atomic E-state index is -0.613. The minimum absolute atomic E-state index is 0. The number of hydrogen-bond acceptors (Lipinski definition) is 6. The Morgan fingerprint density at radius 2 is 2.00 bits per heavy atom. The van der Waals surface area contributed by atoms with Crippen LogP contribution in [0, 0.1) is 19.8 Å². The van der Waals surface area contributed by atoms with Gasteiger partial charge in [-0.15, -0.1) is 11.3 Å². The molecule has 0 aliphatic carbocycles. The van der Waals surface area contributed by atoms with Crippen LogP contribution in [0.25, 0.3) is 0 Å². The molecule has 9 heteroatoms. The van der Waals surface area contributed by atoms with Crippen LogP contribution in [0.15, 0.2) is 18.3 Å². The number of β-amino-alcohol motifs (C(OH)–C–C–N with tert-alkyl or cyclic N) is 1. The number of rotatable bonds is 7. The molecule has 1 fully saturated rings. The number of aromatic nitrogens is 1. The van der Waals surface area contributed by atoms with Gasteiger partial charge >= 0.3 is 0 Å². The molecule has 0 aromatic carbocycles. The highest BCUT2D eigenvalue weighted by Crippen LogP contribution is 2.32. The van der Waals surface area contributed by atoms with Crippen LogP contribution in [0.1, 0.15) is 56.7 Å². The molecule has 1 atom stereocenters. The summed E-state index contributed by atoms with van der Waals surface area (Å²) < 4.78 is 0. The largest absolute Gasteiger partial charge is 0.390 e. The fourth-order valence-corrected chi connectivity index (χ4v) is 6.21. The summed E-state index contributed by atoms with van der Waals surface area (Å²) in [5.41, 5.74) is 4.28. The van der Waals surface area contributed by atoms with Crippen LogP contribution in [0.2, 0.25) is 0 Å². The maximum absolute atomic E-state index is 12.7. The van der Waals surface area contributed by atoms with Crippen molar-refractivity contribution in [3.05, 3.63) is 50.5 Å². The van der Waals surface area contributed by atoms with E-state index in [-0.39, 0.29) is 31.9 Å². The van der Waals surface area contributed by atoms with Gasteiger partial charge in [-0.3, -0.25) is 19.5 Å². The van der Waals surface area contributed by atoms with Gasteiger partial charge in [0.05, 0.1) is 6.10 Å². The molecule has 2 N–H and O–H groups in total. The van der Waals surface area contributed by atoms with Gasteiger partial charge in [-0.2, -0.15) is 13.5 Å². The molecular weight excluding hydrogens is 480 g/mol. The van der Waals surface area contributed by atoms with Crippen LogP contribution >= 0.6 is 24.8 Å². The molecule has 2 aliphatic rings. The Labute approximate surface area is 219 Å². The second-order valence-corrected chi connectivity index (χ2v) is 11.0. The Morgan fingerprint density at radius 1 is 1.26 bits per heavy atom. The average molecular weight is 519 g/mol. The highest BCUT2D eigenvalue weighted by atomic mass is 32.1. The van der Waals surface area contributed by atoms with Crippen molar-refractivity contribution in [1.82, 2.24) is 20.1 Å². The van der Waals surface area contributed by atoms with Crippen molar-refractivity contribution in [1.29, 1.82) is 0 Å². The Morgan fingerprint density at radius 3 is 2.71 bits per heavy atom. The molecule has 192 valence electrons. The summed E-state index contributed by atoms with van der Waals surface area (Å²) in [7, 11) is 0. The van der Waals surface area contributed by atoms with Crippen molar-refractivity contribution < 1.29 is 14.7 Å². The zero-order chi connectivity index (χ0) is 24.2. The lowest BCUT2D eigenvalue weighted by Gasteiger charge is -2.31. The van der Waals surface area contributed by atoms with Gasteiger partial charge in [0.15, 0.2) is 0 Å².